The number of rotatable bonds is 0. The minimum atomic E-state index is 1.33. The van der Waals surface area contributed by atoms with Crippen molar-refractivity contribution in [1.29, 1.82) is 0 Å². The van der Waals surface area contributed by atoms with E-state index in [1.165, 1.54) is 11.0 Å². The lowest BCUT2D eigenvalue weighted by atomic mass is 9.96. The topological polar surface area (TPSA) is 3.24 Å². The predicted molar refractivity (Wildman–Crippen MR) is 59.0 cm³/mol. The van der Waals surface area contributed by atoms with Crippen molar-refractivity contribution in [3.63, 3.8) is 0 Å². The van der Waals surface area contributed by atoms with Crippen LogP contribution < -0.4 is 5.46 Å². The summed E-state index contributed by atoms with van der Waals surface area (Å²) < 4.78 is 0. The van der Waals surface area contributed by atoms with Gasteiger partial charge in [-0.1, -0.05) is 35.3 Å². The molecule has 1 aromatic rings. The molecule has 0 bridgehead atoms. The predicted octanol–water partition coefficient (Wildman–Crippen LogP) is 0.431. The van der Waals surface area contributed by atoms with Gasteiger partial charge in [-0.2, -0.15) is 0 Å². The van der Waals surface area contributed by atoms with Crippen LogP contribution in [0, 0.1) is 6.92 Å². The van der Waals surface area contributed by atoms with Gasteiger partial charge in [0.25, 0.3) is 0 Å². The zero-order valence-corrected chi connectivity index (χ0v) is 8.76. The molecular weight excluding hydrogens is 145 g/mol. The average molecular weight is 163 g/mol. The highest BCUT2D eigenvalue weighted by molar-refractivity contribution is 6.32. The molecule has 0 aliphatic heterocycles. The molecule has 0 unspecified atom stereocenters. The van der Waals surface area contributed by atoms with Crippen molar-refractivity contribution in [3.8, 4) is 0 Å². The third kappa shape index (κ3) is 7.35. The molecular formula is C10H18BN. The Morgan fingerprint density at radius 2 is 1.33 bits per heavy atom. The summed E-state index contributed by atoms with van der Waals surface area (Å²) in [6, 6.07) is 8.48. The van der Waals surface area contributed by atoms with Gasteiger partial charge in [0, 0.05) is 0 Å². The summed E-state index contributed by atoms with van der Waals surface area (Å²) in [5.41, 5.74) is 2.66. The van der Waals surface area contributed by atoms with E-state index >= 15 is 0 Å². The van der Waals surface area contributed by atoms with Gasteiger partial charge in [0.1, 0.15) is 7.85 Å². The first-order valence-corrected chi connectivity index (χ1v) is 4.16. The lowest BCUT2D eigenvalue weighted by Gasteiger charge is -1.90. The van der Waals surface area contributed by atoms with E-state index in [2.05, 4.69) is 39.0 Å². The summed E-state index contributed by atoms with van der Waals surface area (Å²) >= 11 is 0. The highest BCUT2D eigenvalue weighted by Crippen LogP contribution is 1.90. The molecule has 0 amide bonds. The Morgan fingerprint density at radius 1 is 1.00 bits per heavy atom. The molecule has 0 atom stereocenters. The van der Waals surface area contributed by atoms with Gasteiger partial charge in [0.15, 0.2) is 0 Å². The van der Waals surface area contributed by atoms with Crippen molar-refractivity contribution in [2.24, 2.45) is 0 Å². The van der Waals surface area contributed by atoms with Crippen LogP contribution in [0.2, 0.25) is 0 Å². The van der Waals surface area contributed by atoms with E-state index in [4.69, 9.17) is 0 Å². The molecule has 12 heavy (non-hydrogen) atoms. The van der Waals surface area contributed by atoms with Crippen LogP contribution in [-0.2, 0) is 0 Å². The van der Waals surface area contributed by atoms with Crippen LogP contribution in [0.3, 0.4) is 0 Å². The first-order chi connectivity index (χ1) is 5.52. The molecule has 0 saturated carbocycles. The molecule has 0 aromatic heterocycles. The highest BCUT2D eigenvalue weighted by atomic mass is 15.0. The maximum absolute atomic E-state index is 2.12. The average Bonchev–Trinajstić information content (AvgIpc) is 1.94. The first-order valence-electron chi connectivity index (χ1n) is 4.16. The molecule has 1 rings (SSSR count). The largest absolute Gasteiger partial charge is 0.312 e. The highest BCUT2D eigenvalue weighted by Gasteiger charge is 1.80. The van der Waals surface area contributed by atoms with E-state index < -0.39 is 0 Å². The van der Waals surface area contributed by atoms with E-state index in [-0.39, 0.29) is 0 Å². The molecule has 0 aliphatic rings. The molecule has 0 radical (unpaired) electrons. The van der Waals surface area contributed by atoms with Crippen LogP contribution in [-0.4, -0.2) is 33.9 Å². The summed E-state index contributed by atoms with van der Waals surface area (Å²) in [4.78, 5) is 2.00. The first kappa shape index (κ1) is 11.2. The standard InChI is InChI=1S/C7H9B.C3H9N/c1-6-2-4-7(8)5-3-6;1-4(2)3/h2-5H,8H2,1H3;1-3H3. The summed E-state index contributed by atoms with van der Waals surface area (Å²) in [5.74, 6) is 0. The van der Waals surface area contributed by atoms with Crippen molar-refractivity contribution in [1.82, 2.24) is 4.90 Å². The summed E-state index contributed by atoms with van der Waals surface area (Å²) in [6.45, 7) is 2.10. The van der Waals surface area contributed by atoms with Gasteiger partial charge >= 0.3 is 0 Å². The smallest absolute Gasteiger partial charge is 0.139 e. The molecule has 1 aromatic carbocycles. The fourth-order valence-corrected chi connectivity index (χ4v) is 0.637. The van der Waals surface area contributed by atoms with Gasteiger partial charge in [0.2, 0.25) is 0 Å². The summed E-state index contributed by atoms with van der Waals surface area (Å²) in [6.07, 6.45) is 0. The Morgan fingerprint density at radius 3 is 1.58 bits per heavy atom. The quantitative estimate of drug-likeness (QED) is 0.501. The van der Waals surface area contributed by atoms with Gasteiger partial charge in [0.05, 0.1) is 0 Å². The second-order valence-electron chi connectivity index (χ2n) is 3.50. The van der Waals surface area contributed by atoms with Crippen molar-refractivity contribution < 1.29 is 0 Å². The SMILES string of the molecule is Bc1ccc(C)cc1.CN(C)C. The monoisotopic (exact) mass is 163 g/mol. The number of aryl methyl sites for hydroxylation is 1. The Kier molecular flexibility index (Phi) is 5.47. The number of benzene rings is 1. The van der Waals surface area contributed by atoms with Crippen molar-refractivity contribution >= 4 is 13.3 Å². The van der Waals surface area contributed by atoms with E-state index in [0.717, 1.165) is 0 Å². The molecule has 0 N–H and O–H groups in total. The van der Waals surface area contributed by atoms with E-state index in [1.54, 1.807) is 0 Å². The second kappa shape index (κ2) is 5.84. The summed E-state index contributed by atoms with van der Waals surface area (Å²) in [5, 5.41) is 0. The molecule has 0 aliphatic carbocycles. The van der Waals surface area contributed by atoms with Gasteiger partial charge in [-0.05, 0) is 28.1 Å². The molecule has 1 nitrogen and oxygen atoms in total. The number of hydrogen-bond donors (Lipinski definition) is 0. The molecule has 0 saturated heterocycles. The maximum atomic E-state index is 2.12. The number of nitrogens with zero attached hydrogens (tertiary/aromatic N) is 1. The normalized spacial score (nSPS) is 9.08. The van der Waals surface area contributed by atoms with Gasteiger partial charge in [-0.15, -0.1) is 0 Å². The van der Waals surface area contributed by atoms with E-state index in [9.17, 15) is 0 Å². The van der Waals surface area contributed by atoms with Gasteiger partial charge < -0.3 is 4.90 Å². The third-order valence-electron chi connectivity index (χ3n) is 1.22. The van der Waals surface area contributed by atoms with Crippen LogP contribution >= 0.6 is 0 Å². The molecule has 0 heterocycles. The van der Waals surface area contributed by atoms with Crippen molar-refractivity contribution in [2.75, 3.05) is 21.1 Å². The zero-order valence-electron chi connectivity index (χ0n) is 8.76. The molecule has 0 fully saturated rings. The Hall–Kier alpha value is -0.755. The second-order valence-corrected chi connectivity index (χ2v) is 3.50. The van der Waals surface area contributed by atoms with Gasteiger partial charge in [-0.25, -0.2) is 0 Å². The van der Waals surface area contributed by atoms with Crippen molar-refractivity contribution in [3.05, 3.63) is 29.8 Å². The lowest BCUT2D eigenvalue weighted by Crippen LogP contribution is -1.99. The Bertz CT molecular complexity index is 180. The van der Waals surface area contributed by atoms with Gasteiger partial charge in [-0.3, -0.25) is 0 Å². The van der Waals surface area contributed by atoms with Crippen LogP contribution in [0.25, 0.3) is 0 Å². The lowest BCUT2D eigenvalue weighted by molar-refractivity contribution is 0.505. The Labute approximate surface area is 76.8 Å². The summed E-state index contributed by atoms with van der Waals surface area (Å²) in [7, 11) is 8.10. The maximum Gasteiger partial charge on any atom is 0.139 e. The number of hydrogen-bond acceptors (Lipinski definition) is 1. The minimum Gasteiger partial charge on any atom is -0.312 e. The van der Waals surface area contributed by atoms with Crippen LogP contribution in [0.4, 0.5) is 0 Å². The molecule has 2 heteroatoms. The molecule has 66 valence electrons. The van der Waals surface area contributed by atoms with Crippen LogP contribution in [0.5, 0.6) is 0 Å². The van der Waals surface area contributed by atoms with Crippen LogP contribution in [0.1, 0.15) is 5.56 Å². The molecule has 0 spiro atoms. The third-order valence-corrected chi connectivity index (χ3v) is 1.22. The minimum absolute atomic E-state index is 1.33. The van der Waals surface area contributed by atoms with Crippen molar-refractivity contribution in [2.45, 2.75) is 6.92 Å². The zero-order chi connectivity index (χ0) is 9.56. The van der Waals surface area contributed by atoms with E-state index in [0.29, 0.717) is 0 Å². The van der Waals surface area contributed by atoms with E-state index in [1.807, 2.05) is 26.0 Å². The Balaban J connectivity index is 0.000000261. The fourth-order valence-electron chi connectivity index (χ4n) is 0.637. The fraction of sp³-hybridized carbons (Fsp3) is 0.400. The van der Waals surface area contributed by atoms with Crippen LogP contribution in [0.15, 0.2) is 24.3 Å².